The minimum atomic E-state index is 0.115. The third-order valence-electron chi connectivity index (χ3n) is 5.29. The number of nitrogens with zero attached hydrogens (tertiary/aromatic N) is 2. The standard InChI is InChI=1S/C18H28N4O/c1-13-5-4-10-20-17(13)22-11-8-14(9-12-22)18(23)21-16-7-3-2-6-15(16)19/h4-5,10,14-16H,2-3,6-9,11-12,19H2,1H3,(H,21,23)/t15-,16-/m1/s1. The summed E-state index contributed by atoms with van der Waals surface area (Å²) in [6, 6.07) is 4.36. The SMILES string of the molecule is Cc1cccnc1N1CCC(C(=O)N[C@@H]2CCCC[C@H]2N)CC1. The van der Waals surface area contributed by atoms with Gasteiger partial charge in [-0.3, -0.25) is 4.79 Å². The second kappa shape index (κ2) is 7.30. The molecule has 1 aromatic heterocycles. The van der Waals surface area contributed by atoms with Gasteiger partial charge in [-0.15, -0.1) is 0 Å². The van der Waals surface area contributed by atoms with E-state index < -0.39 is 0 Å². The van der Waals surface area contributed by atoms with Crippen molar-refractivity contribution >= 4 is 11.7 Å². The van der Waals surface area contributed by atoms with Crippen LogP contribution in [0, 0.1) is 12.8 Å². The summed E-state index contributed by atoms with van der Waals surface area (Å²) < 4.78 is 0. The number of aromatic nitrogens is 1. The zero-order chi connectivity index (χ0) is 16.2. The summed E-state index contributed by atoms with van der Waals surface area (Å²) in [5, 5.41) is 3.21. The van der Waals surface area contributed by atoms with Gasteiger partial charge in [0.15, 0.2) is 0 Å². The zero-order valence-electron chi connectivity index (χ0n) is 14.0. The van der Waals surface area contributed by atoms with Gasteiger partial charge in [0.2, 0.25) is 5.91 Å². The van der Waals surface area contributed by atoms with Crippen molar-refractivity contribution in [3.63, 3.8) is 0 Å². The Balaban J connectivity index is 1.52. The molecule has 3 N–H and O–H groups in total. The molecule has 3 rings (SSSR count). The Hall–Kier alpha value is -1.62. The maximum atomic E-state index is 12.5. The zero-order valence-corrected chi connectivity index (χ0v) is 14.0. The quantitative estimate of drug-likeness (QED) is 0.894. The number of anilines is 1. The first-order chi connectivity index (χ1) is 11.1. The van der Waals surface area contributed by atoms with Crippen LogP contribution in [-0.2, 0) is 4.79 Å². The molecule has 0 spiro atoms. The van der Waals surface area contributed by atoms with Crippen molar-refractivity contribution in [2.45, 2.75) is 57.5 Å². The molecule has 2 aliphatic rings. The topological polar surface area (TPSA) is 71.2 Å². The summed E-state index contributed by atoms with van der Waals surface area (Å²) in [5.74, 6) is 1.37. The molecule has 1 saturated heterocycles. The van der Waals surface area contributed by atoms with Crippen molar-refractivity contribution in [3.8, 4) is 0 Å². The first-order valence-corrected chi connectivity index (χ1v) is 8.87. The molecule has 2 heterocycles. The number of nitrogens with two attached hydrogens (primary N) is 1. The van der Waals surface area contributed by atoms with Crippen LogP contribution in [0.15, 0.2) is 18.3 Å². The van der Waals surface area contributed by atoms with Gasteiger partial charge in [0, 0.05) is 37.3 Å². The summed E-state index contributed by atoms with van der Waals surface area (Å²) in [4.78, 5) is 19.3. The fourth-order valence-electron chi connectivity index (χ4n) is 3.80. The predicted molar refractivity (Wildman–Crippen MR) is 92.3 cm³/mol. The molecule has 5 nitrogen and oxygen atoms in total. The number of amides is 1. The maximum Gasteiger partial charge on any atom is 0.223 e. The number of hydrogen-bond acceptors (Lipinski definition) is 4. The number of nitrogens with one attached hydrogen (secondary N) is 1. The molecule has 2 fully saturated rings. The summed E-state index contributed by atoms with van der Waals surface area (Å²) in [7, 11) is 0. The molecule has 5 heteroatoms. The van der Waals surface area contributed by atoms with E-state index in [9.17, 15) is 4.79 Å². The van der Waals surface area contributed by atoms with E-state index in [4.69, 9.17) is 5.73 Å². The van der Waals surface area contributed by atoms with E-state index in [0.29, 0.717) is 0 Å². The Bertz CT molecular complexity index is 540. The highest BCUT2D eigenvalue weighted by Gasteiger charge is 2.29. The van der Waals surface area contributed by atoms with E-state index in [-0.39, 0.29) is 23.9 Å². The highest BCUT2D eigenvalue weighted by molar-refractivity contribution is 5.79. The Morgan fingerprint density at radius 2 is 2.00 bits per heavy atom. The van der Waals surface area contributed by atoms with Crippen LogP contribution in [0.2, 0.25) is 0 Å². The van der Waals surface area contributed by atoms with Gasteiger partial charge in [0.25, 0.3) is 0 Å². The summed E-state index contributed by atoms with van der Waals surface area (Å²) in [6.07, 6.45) is 8.05. The molecule has 1 aliphatic carbocycles. The van der Waals surface area contributed by atoms with E-state index in [2.05, 4.69) is 28.2 Å². The van der Waals surface area contributed by atoms with E-state index in [1.807, 2.05) is 12.3 Å². The number of hydrogen-bond donors (Lipinski definition) is 2. The van der Waals surface area contributed by atoms with Crippen molar-refractivity contribution in [1.29, 1.82) is 0 Å². The van der Waals surface area contributed by atoms with Gasteiger partial charge in [0.1, 0.15) is 5.82 Å². The van der Waals surface area contributed by atoms with E-state index in [1.54, 1.807) is 0 Å². The molecule has 126 valence electrons. The van der Waals surface area contributed by atoms with Crippen LogP contribution < -0.4 is 16.0 Å². The van der Waals surface area contributed by atoms with Crippen LogP contribution in [-0.4, -0.2) is 36.1 Å². The largest absolute Gasteiger partial charge is 0.356 e. The molecule has 0 bridgehead atoms. The molecular weight excluding hydrogens is 288 g/mol. The molecule has 1 aliphatic heterocycles. The summed E-state index contributed by atoms with van der Waals surface area (Å²) in [6.45, 7) is 3.88. The Morgan fingerprint density at radius 1 is 1.26 bits per heavy atom. The molecule has 1 saturated carbocycles. The summed E-state index contributed by atoms with van der Waals surface area (Å²) in [5.41, 5.74) is 7.34. The number of carbonyl (C=O) groups is 1. The van der Waals surface area contributed by atoms with Crippen molar-refractivity contribution in [2.75, 3.05) is 18.0 Å². The predicted octanol–water partition coefficient (Wildman–Crippen LogP) is 1.99. The lowest BCUT2D eigenvalue weighted by molar-refractivity contribution is -0.126. The first-order valence-electron chi connectivity index (χ1n) is 8.87. The normalized spacial score (nSPS) is 26.1. The fourth-order valence-corrected chi connectivity index (χ4v) is 3.80. The van der Waals surface area contributed by atoms with Crippen molar-refractivity contribution in [3.05, 3.63) is 23.9 Å². The van der Waals surface area contributed by atoms with E-state index in [0.717, 1.165) is 44.6 Å². The monoisotopic (exact) mass is 316 g/mol. The van der Waals surface area contributed by atoms with E-state index >= 15 is 0 Å². The van der Waals surface area contributed by atoms with Gasteiger partial charge in [-0.1, -0.05) is 18.9 Å². The molecule has 23 heavy (non-hydrogen) atoms. The lowest BCUT2D eigenvalue weighted by atomic mass is 9.89. The highest BCUT2D eigenvalue weighted by atomic mass is 16.2. The molecule has 0 unspecified atom stereocenters. The third kappa shape index (κ3) is 3.83. The average Bonchev–Trinajstić information content (AvgIpc) is 2.57. The van der Waals surface area contributed by atoms with Crippen LogP contribution in [0.4, 0.5) is 5.82 Å². The second-order valence-electron chi connectivity index (χ2n) is 6.97. The molecule has 2 atom stereocenters. The lowest BCUT2D eigenvalue weighted by Gasteiger charge is -2.35. The number of carbonyl (C=O) groups excluding carboxylic acids is 1. The van der Waals surface area contributed by atoms with Gasteiger partial charge >= 0.3 is 0 Å². The van der Waals surface area contributed by atoms with Crippen LogP contribution in [0.3, 0.4) is 0 Å². The van der Waals surface area contributed by atoms with Crippen molar-refractivity contribution < 1.29 is 4.79 Å². The van der Waals surface area contributed by atoms with E-state index in [1.165, 1.54) is 18.4 Å². The van der Waals surface area contributed by atoms with Crippen molar-refractivity contribution in [1.82, 2.24) is 10.3 Å². The minimum Gasteiger partial charge on any atom is -0.356 e. The average molecular weight is 316 g/mol. The molecule has 1 aromatic rings. The maximum absolute atomic E-state index is 12.5. The van der Waals surface area contributed by atoms with Crippen LogP contribution in [0.5, 0.6) is 0 Å². The number of aryl methyl sites for hydroxylation is 1. The third-order valence-corrected chi connectivity index (χ3v) is 5.29. The van der Waals surface area contributed by atoms with Gasteiger partial charge < -0.3 is 16.0 Å². The van der Waals surface area contributed by atoms with Gasteiger partial charge in [-0.05, 0) is 44.2 Å². The second-order valence-corrected chi connectivity index (χ2v) is 6.97. The van der Waals surface area contributed by atoms with Gasteiger partial charge in [0.05, 0.1) is 0 Å². The highest BCUT2D eigenvalue weighted by Crippen LogP contribution is 2.25. The summed E-state index contributed by atoms with van der Waals surface area (Å²) >= 11 is 0. The Kier molecular flexibility index (Phi) is 5.16. The van der Waals surface area contributed by atoms with Crippen LogP contribution >= 0.6 is 0 Å². The smallest absolute Gasteiger partial charge is 0.223 e. The van der Waals surface area contributed by atoms with Crippen LogP contribution in [0.1, 0.15) is 44.1 Å². The van der Waals surface area contributed by atoms with Gasteiger partial charge in [-0.25, -0.2) is 4.98 Å². The fraction of sp³-hybridized carbons (Fsp3) is 0.667. The lowest BCUT2D eigenvalue weighted by Crippen LogP contribution is -2.52. The Labute approximate surface area is 138 Å². The molecule has 0 radical (unpaired) electrons. The van der Waals surface area contributed by atoms with Crippen LogP contribution in [0.25, 0.3) is 0 Å². The molecule has 0 aromatic carbocycles. The molecule has 1 amide bonds. The van der Waals surface area contributed by atoms with Gasteiger partial charge in [-0.2, -0.15) is 0 Å². The van der Waals surface area contributed by atoms with Crippen molar-refractivity contribution in [2.24, 2.45) is 11.7 Å². The number of pyridine rings is 1. The minimum absolute atomic E-state index is 0.115. The number of piperidine rings is 1. The Morgan fingerprint density at radius 3 is 2.70 bits per heavy atom. The number of rotatable bonds is 3. The first kappa shape index (κ1) is 16.2. The molecular formula is C18H28N4O.